The van der Waals surface area contributed by atoms with Crippen LogP contribution in [-0.2, 0) is 17.9 Å². The highest BCUT2D eigenvalue weighted by molar-refractivity contribution is 7.14. The lowest BCUT2D eigenvalue weighted by atomic mass is 10.0. The second-order valence-corrected chi connectivity index (χ2v) is 9.09. The summed E-state index contributed by atoms with van der Waals surface area (Å²) in [6.45, 7) is 8.87. The number of amides is 1. The van der Waals surface area contributed by atoms with Gasteiger partial charge in [0, 0.05) is 35.3 Å². The first kappa shape index (κ1) is 22.0. The van der Waals surface area contributed by atoms with Gasteiger partial charge >= 0.3 is 0 Å². The van der Waals surface area contributed by atoms with Crippen molar-refractivity contribution in [3.8, 4) is 22.4 Å². The molecule has 1 N–H and O–H groups in total. The predicted molar refractivity (Wildman–Crippen MR) is 135 cm³/mol. The van der Waals surface area contributed by atoms with Gasteiger partial charge in [-0.25, -0.2) is 14.6 Å². The SMILES string of the molecule is CCn1cc(-c2csc(NC(=O)Cn3nc(C)c4c(-c5ccc(C)cc5)ccnc43)n2)c(C)n1. The number of carbonyl (C=O) groups excluding carboxylic acids is 1. The van der Waals surface area contributed by atoms with Crippen LogP contribution in [0.5, 0.6) is 0 Å². The number of fused-ring (bicyclic) bond motifs is 1. The fourth-order valence-corrected chi connectivity index (χ4v) is 4.77. The summed E-state index contributed by atoms with van der Waals surface area (Å²) in [6.07, 6.45) is 3.74. The van der Waals surface area contributed by atoms with Crippen molar-refractivity contribution in [2.75, 3.05) is 5.32 Å². The highest BCUT2D eigenvalue weighted by Gasteiger charge is 2.17. The maximum atomic E-state index is 12.8. The van der Waals surface area contributed by atoms with Gasteiger partial charge in [0.25, 0.3) is 0 Å². The van der Waals surface area contributed by atoms with Gasteiger partial charge in [-0.3, -0.25) is 9.48 Å². The summed E-state index contributed by atoms with van der Waals surface area (Å²) in [6, 6.07) is 10.4. The fraction of sp³-hybridized carbons (Fsp3) is 0.240. The van der Waals surface area contributed by atoms with Gasteiger partial charge in [-0.05, 0) is 44.9 Å². The average Bonchev–Trinajstić information content (AvgIpc) is 3.52. The summed E-state index contributed by atoms with van der Waals surface area (Å²) < 4.78 is 3.53. The van der Waals surface area contributed by atoms with Crippen LogP contribution in [0.1, 0.15) is 23.9 Å². The van der Waals surface area contributed by atoms with Gasteiger partial charge in [0.2, 0.25) is 5.91 Å². The molecule has 0 bridgehead atoms. The van der Waals surface area contributed by atoms with Crippen LogP contribution in [-0.4, -0.2) is 35.4 Å². The monoisotopic (exact) mass is 471 g/mol. The van der Waals surface area contributed by atoms with E-state index in [1.165, 1.54) is 16.9 Å². The average molecular weight is 472 g/mol. The number of carbonyl (C=O) groups is 1. The molecular weight excluding hydrogens is 446 g/mol. The van der Waals surface area contributed by atoms with Gasteiger partial charge < -0.3 is 5.32 Å². The molecule has 0 atom stereocenters. The van der Waals surface area contributed by atoms with Gasteiger partial charge in [-0.2, -0.15) is 10.2 Å². The molecule has 4 aromatic heterocycles. The largest absolute Gasteiger partial charge is 0.300 e. The van der Waals surface area contributed by atoms with Crippen LogP contribution in [0.4, 0.5) is 5.13 Å². The van der Waals surface area contributed by atoms with Crippen molar-refractivity contribution in [2.24, 2.45) is 0 Å². The first-order chi connectivity index (χ1) is 16.4. The molecule has 0 saturated carbocycles. The minimum absolute atomic E-state index is 0.0520. The Bertz CT molecular complexity index is 1490. The molecule has 0 saturated heterocycles. The normalized spacial score (nSPS) is 11.3. The molecule has 4 heterocycles. The van der Waals surface area contributed by atoms with Crippen LogP contribution in [0.3, 0.4) is 0 Å². The van der Waals surface area contributed by atoms with E-state index in [9.17, 15) is 4.79 Å². The molecule has 0 aliphatic rings. The molecule has 9 heteroatoms. The molecule has 0 aliphatic heterocycles. The van der Waals surface area contributed by atoms with Crippen LogP contribution in [0, 0.1) is 20.8 Å². The van der Waals surface area contributed by atoms with Crippen LogP contribution in [0.25, 0.3) is 33.4 Å². The van der Waals surface area contributed by atoms with Crippen molar-refractivity contribution in [3.05, 3.63) is 65.1 Å². The minimum atomic E-state index is -0.200. The number of rotatable bonds is 6. The van der Waals surface area contributed by atoms with E-state index in [1.54, 1.807) is 10.9 Å². The zero-order valence-electron chi connectivity index (χ0n) is 19.5. The van der Waals surface area contributed by atoms with E-state index in [0.717, 1.165) is 45.7 Å². The second kappa shape index (κ2) is 8.83. The lowest BCUT2D eigenvalue weighted by molar-refractivity contribution is -0.116. The fourth-order valence-electron chi connectivity index (χ4n) is 4.05. The van der Waals surface area contributed by atoms with Gasteiger partial charge in [-0.1, -0.05) is 29.8 Å². The zero-order valence-corrected chi connectivity index (χ0v) is 20.3. The van der Waals surface area contributed by atoms with Crippen molar-refractivity contribution in [3.63, 3.8) is 0 Å². The van der Waals surface area contributed by atoms with Gasteiger partial charge in [-0.15, -0.1) is 11.3 Å². The Morgan fingerprint density at radius 2 is 1.82 bits per heavy atom. The van der Waals surface area contributed by atoms with E-state index >= 15 is 0 Å². The van der Waals surface area contributed by atoms with Crippen LogP contribution >= 0.6 is 11.3 Å². The van der Waals surface area contributed by atoms with Crippen LogP contribution in [0.15, 0.2) is 48.1 Å². The Balaban J connectivity index is 1.37. The van der Waals surface area contributed by atoms with E-state index in [-0.39, 0.29) is 12.5 Å². The molecule has 5 aromatic rings. The molecule has 0 aliphatic carbocycles. The number of thiazole rings is 1. The van der Waals surface area contributed by atoms with Crippen LogP contribution in [0.2, 0.25) is 0 Å². The zero-order chi connectivity index (χ0) is 23.8. The maximum absolute atomic E-state index is 12.8. The summed E-state index contributed by atoms with van der Waals surface area (Å²) >= 11 is 1.39. The number of nitrogens with zero attached hydrogens (tertiary/aromatic N) is 6. The number of aryl methyl sites for hydroxylation is 4. The summed E-state index contributed by atoms with van der Waals surface area (Å²) in [5.41, 5.74) is 7.59. The number of hydrogen-bond acceptors (Lipinski definition) is 6. The Morgan fingerprint density at radius 3 is 2.56 bits per heavy atom. The molecule has 172 valence electrons. The van der Waals surface area contributed by atoms with Crippen molar-refractivity contribution >= 4 is 33.4 Å². The van der Waals surface area contributed by atoms with Crippen LogP contribution < -0.4 is 5.32 Å². The maximum Gasteiger partial charge on any atom is 0.247 e. The van der Waals surface area contributed by atoms with E-state index in [2.05, 4.69) is 56.7 Å². The molecule has 8 nitrogen and oxygen atoms in total. The lowest BCUT2D eigenvalue weighted by Gasteiger charge is -2.06. The Morgan fingerprint density at radius 1 is 1.03 bits per heavy atom. The second-order valence-electron chi connectivity index (χ2n) is 8.24. The third-order valence-corrected chi connectivity index (χ3v) is 6.52. The van der Waals surface area contributed by atoms with Crippen molar-refractivity contribution in [2.45, 2.75) is 40.8 Å². The van der Waals surface area contributed by atoms with Crippen molar-refractivity contribution in [1.29, 1.82) is 0 Å². The smallest absolute Gasteiger partial charge is 0.247 e. The first-order valence-corrected chi connectivity index (χ1v) is 12.0. The van der Waals surface area contributed by atoms with Crippen molar-refractivity contribution in [1.82, 2.24) is 29.5 Å². The van der Waals surface area contributed by atoms with E-state index in [4.69, 9.17) is 0 Å². The molecule has 0 unspecified atom stereocenters. The molecule has 0 spiro atoms. The standard InChI is InChI=1S/C25H25N7OS/c1-5-31-12-20(16(3)29-31)21-14-34-25(27-21)28-22(33)13-32-24-23(17(4)30-32)19(10-11-26-24)18-8-6-15(2)7-9-18/h6-12,14H,5,13H2,1-4H3,(H,27,28,33). The summed E-state index contributed by atoms with van der Waals surface area (Å²) in [4.78, 5) is 22.0. The molecule has 0 radical (unpaired) electrons. The van der Waals surface area contributed by atoms with E-state index in [0.29, 0.717) is 10.8 Å². The number of anilines is 1. The number of hydrogen-bond donors (Lipinski definition) is 1. The molecule has 5 rings (SSSR count). The molecule has 1 aromatic carbocycles. The Hall–Kier alpha value is -3.85. The Labute approximate surface area is 201 Å². The van der Waals surface area contributed by atoms with E-state index in [1.807, 2.05) is 43.1 Å². The van der Waals surface area contributed by atoms with Gasteiger partial charge in [0.15, 0.2) is 10.8 Å². The van der Waals surface area contributed by atoms with Gasteiger partial charge in [0.05, 0.1) is 17.1 Å². The summed E-state index contributed by atoms with van der Waals surface area (Å²) in [7, 11) is 0. The summed E-state index contributed by atoms with van der Waals surface area (Å²) in [5, 5.41) is 15.4. The Kier molecular flexibility index (Phi) is 5.70. The number of benzene rings is 1. The quantitative estimate of drug-likeness (QED) is 0.376. The number of pyridine rings is 1. The minimum Gasteiger partial charge on any atom is -0.300 e. The number of nitrogens with one attached hydrogen (secondary N) is 1. The number of aromatic nitrogens is 6. The molecular formula is C25H25N7OS. The highest BCUT2D eigenvalue weighted by atomic mass is 32.1. The van der Waals surface area contributed by atoms with Gasteiger partial charge in [0.1, 0.15) is 6.54 Å². The van der Waals surface area contributed by atoms with Crippen molar-refractivity contribution < 1.29 is 4.79 Å². The first-order valence-electron chi connectivity index (χ1n) is 11.1. The highest BCUT2D eigenvalue weighted by Crippen LogP contribution is 2.30. The predicted octanol–water partition coefficient (Wildman–Crippen LogP) is 5.00. The topological polar surface area (TPSA) is 90.5 Å². The molecule has 34 heavy (non-hydrogen) atoms. The summed E-state index contributed by atoms with van der Waals surface area (Å²) in [5.74, 6) is -0.200. The van der Waals surface area contributed by atoms with E-state index < -0.39 is 0 Å². The molecule has 0 fully saturated rings. The lowest BCUT2D eigenvalue weighted by Crippen LogP contribution is -2.19. The third-order valence-electron chi connectivity index (χ3n) is 5.76. The molecule has 1 amide bonds. The third kappa shape index (κ3) is 4.10.